The molecule has 0 amide bonds. The van der Waals surface area contributed by atoms with Gasteiger partial charge in [-0.3, -0.25) is 4.68 Å². The molecule has 2 rings (SSSR count). The SMILES string of the molecule is CC1CNC(C)C1c1ccnn1C. The molecule has 0 radical (unpaired) electrons. The zero-order valence-electron chi connectivity index (χ0n) is 8.49. The highest BCUT2D eigenvalue weighted by Gasteiger charge is 2.32. The van der Waals surface area contributed by atoms with Crippen molar-refractivity contribution in [2.24, 2.45) is 13.0 Å². The molecule has 13 heavy (non-hydrogen) atoms. The summed E-state index contributed by atoms with van der Waals surface area (Å²) in [7, 11) is 2.02. The van der Waals surface area contributed by atoms with E-state index in [2.05, 4.69) is 30.3 Å². The van der Waals surface area contributed by atoms with Crippen LogP contribution < -0.4 is 5.32 Å². The monoisotopic (exact) mass is 179 g/mol. The quantitative estimate of drug-likeness (QED) is 0.700. The molecule has 1 aromatic rings. The van der Waals surface area contributed by atoms with E-state index >= 15 is 0 Å². The Morgan fingerprint density at radius 1 is 1.54 bits per heavy atom. The number of hydrogen-bond acceptors (Lipinski definition) is 2. The fourth-order valence-electron chi connectivity index (χ4n) is 2.38. The van der Waals surface area contributed by atoms with Crippen LogP contribution in [0.15, 0.2) is 12.3 Å². The molecule has 1 saturated heterocycles. The Morgan fingerprint density at radius 3 is 2.77 bits per heavy atom. The van der Waals surface area contributed by atoms with Gasteiger partial charge in [0, 0.05) is 30.9 Å². The van der Waals surface area contributed by atoms with E-state index in [0.29, 0.717) is 17.9 Å². The van der Waals surface area contributed by atoms with Crippen LogP contribution in [0.5, 0.6) is 0 Å². The van der Waals surface area contributed by atoms with Crippen molar-refractivity contribution in [1.29, 1.82) is 0 Å². The van der Waals surface area contributed by atoms with Crippen LogP contribution in [-0.4, -0.2) is 22.4 Å². The zero-order valence-corrected chi connectivity index (χ0v) is 8.49. The minimum atomic E-state index is 0.574. The molecule has 0 aromatic carbocycles. The molecule has 0 aliphatic carbocycles. The van der Waals surface area contributed by atoms with Crippen molar-refractivity contribution >= 4 is 0 Å². The molecule has 3 unspecified atom stereocenters. The van der Waals surface area contributed by atoms with Crippen LogP contribution in [0.1, 0.15) is 25.5 Å². The first-order valence-electron chi connectivity index (χ1n) is 4.91. The van der Waals surface area contributed by atoms with Crippen LogP contribution in [0.3, 0.4) is 0 Å². The van der Waals surface area contributed by atoms with E-state index in [0.717, 1.165) is 6.54 Å². The molecule has 1 N–H and O–H groups in total. The second kappa shape index (κ2) is 3.14. The zero-order chi connectivity index (χ0) is 9.42. The van der Waals surface area contributed by atoms with Gasteiger partial charge in [-0.25, -0.2) is 0 Å². The summed E-state index contributed by atoms with van der Waals surface area (Å²) >= 11 is 0. The van der Waals surface area contributed by atoms with Crippen molar-refractivity contribution in [1.82, 2.24) is 15.1 Å². The van der Waals surface area contributed by atoms with E-state index in [4.69, 9.17) is 0 Å². The van der Waals surface area contributed by atoms with Gasteiger partial charge >= 0.3 is 0 Å². The molecule has 1 aliphatic rings. The van der Waals surface area contributed by atoms with Gasteiger partial charge in [-0.05, 0) is 25.5 Å². The fourth-order valence-corrected chi connectivity index (χ4v) is 2.38. The molecule has 0 bridgehead atoms. The normalized spacial score (nSPS) is 33.9. The second-order valence-electron chi connectivity index (χ2n) is 4.08. The van der Waals surface area contributed by atoms with Gasteiger partial charge in [0.05, 0.1) is 0 Å². The highest BCUT2D eigenvalue weighted by atomic mass is 15.3. The standard InChI is InChI=1S/C10H17N3/c1-7-6-11-8(2)10(7)9-4-5-12-13(9)3/h4-5,7-8,10-11H,6H2,1-3H3. The lowest BCUT2D eigenvalue weighted by Crippen LogP contribution is -2.23. The predicted molar refractivity (Wildman–Crippen MR) is 52.6 cm³/mol. The largest absolute Gasteiger partial charge is 0.313 e. The molecule has 1 fully saturated rings. The topological polar surface area (TPSA) is 29.9 Å². The number of aryl methyl sites for hydroxylation is 1. The highest BCUT2D eigenvalue weighted by molar-refractivity contribution is 5.14. The summed E-state index contributed by atoms with van der Waals surface area (Å²) in [6, 6.07) is 2.70. The summed E-state index contributed by atoms with van der Waals surface area (Å²) in [4.78, 5) is 0. The van der Waals surface area contributed by atoms with Crippen molar-refractivity contribution in [3.8, 4) is 0 Å². The van der Waals surface area contributed by atoms with Gasteiger partial charge < -0.3 is 5.32 Å². The van der Waals surface area contributed by atoms with Gasteiger partial charge in [0.25, 0.3) is 0 Å². The molecule has 2 heterocycles. The summed E-state index contributed by atoms with van der Waals surface area (Å²) in [6.45, 7) is 5.67. The summed E-state index contributed by atoms with van der Waals surface area (Å²) in [6.07, 6.45) is 1.88. The van der Waals surface area contributed by atoms with Crippen molar-refractivity contribution in [2.45, 2.75) is 25.8 Å². The Labute approximate surface area is 79.1 Å². The first kappa shape index (κ1) is 8.75. The third kappa shape index (κ3) is 1.37. The van der Waals surface area contributed by atoms with Crippen LogP contribution in [0.4, 0.5) is 0 Å². The molecule has 3 heteroatoms. The molecule has 1 aromatic heterocycles. The Bertz CT molecular complexity index is 282. The first-order valence-corrected chi connectivity index (χ1v) is 4.91. The van der Waals surface area contributed by atoms with E-state index in [9.17, 15) is 0 Å². The van der Waals surface area contributed by atoms with Crippen molar-refractivity contribution in [2.75, 3.05) is 6.54 Å². The van der Waals surface area contributed by atoms with Crippen LogP contribution >= 0.6 is 0 Å². The molecule has 0 spiro atoms. The Kier molecular flexibility index (Phi) is 2.12. The molecular weight excluding hydrogens is 162 g/mol. The van der Waals surface area contributed by atoms with Crippen LogP contribution in [0.25, 0.3) is 0 Å². The summed E-state index contributed by atoms with van der Waals surface area (Å²) in [5, 5.41) is 7.71. The predicted octanol–water partition coefficient (Wildman–Crippen LogP) is 1.13. The van der Waals surface area contributed by atoms with Gasteiger partial charge in [0.15, 0.2) is 0 Å². The molecule has 0 saturated carbocycles. The maximum Gasteiger partial charge on any atom is 0.0492 e. The van der Waals surface area contributed by atoms with Gasteiger partial charge in [-0.15, -0.1) is 0 Å². The Balaban J connectivity index is 2.29. The summed E-state index contributed by atoms with van der Waals surface area (Å²) in [5.41, 5.74) is 1.35. The van der Waals surface area contributed by atoms with Gasteiger partial charge in [0.1, 0.15) is 0 Å². The third-order valence-corrected chi connectivity index (χ3v) is 3.11. The number of hydrogen-bond donors (Lipinski definition) is 1. The van der Waals surface area contributed by atoms with Gasteiger partial charge in [-0.1, -0.05) is 6.92 Å². The average molecular weight is 179 g/mol. The number of rotatable bonds is 1. The maximum atomic E-state index is 4.22. The number of nitrogens with zero attached hydrogens (tertiary/aromatic N) is 2. The lowest BCUT2D eigenvalue weighted by molar-refractivity contribution is 0.483. The Morgan fingerprint density at radius 2 is 2.31 bits per heavy atom. The molecular formula is C10H17N3. The van der Waals surface area contributed by atoms with Crippen LogP contribution in [-0.2, 0) is 7.05 Å². The van der Waals surface area contributed by atoms with E-state index in [1.807, 2.05) is 17.9 Å². The van der Waals surface area contributed by atoms with Gasteiger partial charge in [-0.2, -0.15) is 5.10 Å². The average Bonchev–Trinajstić information content (AvgIpc) is 2.60. The van der Waals surface area contributed by atoms with Crippen molar-refractivity contribution in [3.05, 3.63) is 18.0 Å². The molecule has 1 aliphatic heterocycles. The van der Waals surface area contributed by atoms with E-state index in [-0.39, 0.29) is 0 Å². The third-order valence-electron chi connectivity index (χ3n) is 3.11. The maximum absolute atomic E-state index is 4.22. The molecule has 72 valence electrons. The minimum absolute atomic E-state index is 0.574. The smallest absolute Gasteiger partial charge is 0.0492 e. The fraction of sp³-hybridized carbons (Fsp3) is 0.700. The Hall–Kier alpha value is -0.830. The van der Waals surface area contributed by atoms with E-state index in [1.165, 1.54) is 5.69 Å². The van der Waals surface area contributed by atoms with Crippen molar-refractivity contribution < 1.29 is 0 Å². The minimum Gasteiger partial charge on any atom is -0.313 e. The van der Waals surface area contributed by atoms with E-state index in [1.54, 1.807) is 0 Å². The number of nitrogens with one attached hydrogen (secondary N) is 1. The van der Waals surface area contributed by atoms with Crippen LogP contribution in [0, 0.1) is 5.92 Å². The van der Waals surface area contributed by atoms with Crippen LogP contribution in [0.2, 0.25) is 0 Å². The number of aromatic nitrogens is 2. The lowest BCUT2D eigenvalue weighted by atomic mass is 9.90. The summed E-state index contributed by atoms with van der Waals surface area (Å²) in [5.74, 6) is 1.33. The van der Waals surface area contributed by atoms with Gasteiger partial charge in [0.2, 0.25) is 0 Å². The first-order chi connectivity index (χ1) is 6.20. The second-order valence-corrected chi connectivity index (χ2v) is 4.08. The lowest BCUT2D eigenvalue weighted by Gasteiger charge is -2.18. The van der Waals surface area contributed by atoms with Crippen molar-refractivity contribution in [3.63, 3.8) is 0 Å². The molecule has 3 nitrogen and oxygen atoms in total. The highest BCUT2D eigenvalue weighted by Crippen LogP contribution is 2.31. The van der Waals surface area contributed by atoms with E-state index < -0.39 is 0 Å². The molecule has 3 atom stereocenters. The summed E-state index contributed by atoms with van der Waals surface area (Å²) < 4.78 is 1.99.